The van der Waals surface area contributed by atoms with Crippen LogP contribution < -0.4 is 15.8 Å². The molecule has 1 aromatic carbocycles. The van der Waals surface area contributed by atoms with Crippen molar-refractivity contribution in [1.82, 2.24) is 19.4 Å². The second-order valence-electron chi connectivity index (χ2n) is 11.1. The van der Waals surface area contributed by atoms with Crippen LogP contribution in [0.4, 0.5) is 5.69 Å². The molecule has 4 aromatic rings. The summed E-state index contributed by atoms with van der Waals surface area (Å²) in [5.74, 6) is 0.0672. The van der Waals surface area contributed by atoms with Crippen LogP contribution in [0.3, 0.4) is 0 Å². The number of esters is 1. The largest absolute Gasteiger partial charge is 0.497 e. The van der Waals surface area contributed by atoms with Gasteiger partial charge >= 0.3 is 5.97 Å². The molecule has 0 radical (unpaired) electrons. The van der Waals surface area contributed by atoms with Crippen LogP contribution in [0.5, 0.6) is 5.75 Å². The summed E-state index contributed by atoms with van der Waals surface area (Å²) in [4.78, 5) is 35.9. The summed E-state index contributed by atoms with van der Waals surface area (Å²) in [5, 5.41) is 13.1. The maximum atomic E-state index is 12.6. The fraction of sp³-hybridized carbons (Fsp3) is 0.303. The van der Waals surface area contributed by atoms with Gasteiger partial charge in [-0.15, -0.1) is 0 Å². The number of fused-ring (bicyclic) bond motifs is 1. The lowest BCUT2D eigenvalue weighted by atomic mass is 10.0. The molecule has 0 aliphatic rings. The van der Waals surface area contributed by atoms with Crippen LogP contribution in [0, 0.1) is 17.2 Å². The number of rotatable bonds is 12. The van der Waals surface area contributed by atoms with E-state index in [2.05, 4.69) is 16.4 Å². The molecule has 0 aliphatic carbocycles. The Morgan fingerprint density at radius 1 is 1.14 bits per heavy atom. The number of aromatic nitrogens is 3. The quantitative estimate of drug-likeness (QED) is 0.177. The van der Waals surface area contributed by atoms with Crippen molar-refractivity contribution in [2.45, 2.75) is 33.0 Å². The van der Waals surface area contributed by atoms with Crippen molar-refractivity contribution < 1.29 is 19.1 Å². The molecular formula is C33H37N7O4. The number of benzene rings is 1. The van der Waals surface area contributed by atoms with Gasteiger partial charge in [0.2, 0.25) is 5.91 Å². The first kappa shape index (κ1) is 31.9. The third kappa shape index (κ3) is 8.06. The minimum Gasteiger partial charge on any atom is -0.497 e. The summed E-state index contributed by atoms with van der Waals surface area (Å²) in [7, 11) is 5.41. The Bertz CT molecular complexity index is 1720. The van der Waals surface area contributed by atoms with Crippen LogP contribution in [0.25, 0.3) is 33.3 Å². The van der Waals surface area contributed by atoms with Crippen molar-refractivity contribution in [3.8, 4) is 34.1 Å². The highest BCUT2D eigenvalue weighted by molar-refractivity contribution is 6.00. The van der Waals surface area contributed by atoms with Crippen molar-refractivity contribution >= 4 is 28.6 Å². The molecule has 0 spiro atoms. The molecule has 0 fully saturated rings. The molecule has 228 valence electrons. The van der Waals surface area contributed by atoms with Crippen LogP contribution in [0.1, 0.15) is 26.0 Å². The summed E-state index contributed by atoms with van der Waals surface area (Å²) < 4.78 is 12.8. The second kappa shape index (κ2) is 14.4. The standard InChI is InChI=1S/C33H37N7O4/c1-21(2)11-30(35)33(42)44-20-40-19-29(22-8-9-36-26(12-22)17-34)28-15-24(18-37-32(28)40)23-13-25(16-27(14-23)43-5)38-31(41)7-6-10-39(3)4/h6-9,12-16,18-19,21,30H,10-11,20,35H2,1-5H3,(H,38,41)/b7-6+. The minimum absolute atomic E-state index is 0.0830. The number of amides is 1. The molecule has 11 heteroatoms. The molecular weight excluding hydrogens is 558 g/mol. The van der Waals surface area contributed by atoms with E-state index in [0.29, 0.717) is 30.0 Å². The number of anilines is 1. The van der Waals surface area contributed by atoms with Crippen molar-refractivity contribution in [3.05, 3.63) is 72.8 Å². The number of carbonyl (C=O) groups excluding carboxylic acids is 2. The van der Waals surface area contributed by atoms with Crippen LogP contribution >= 0.6 is 0 Å². The van der Waals surface area contributed by atoms with E-state index in [0.717, 1.165) is 27.6 Å². The number of nitrogens with two attached hydrogens (primary N) is 1. The maximum Gasteiger partial charge on any atom is 0.324 e. The van der Waals surface area contributed by atoms with Gasteiger partial charge in [-0.25, -0.2) is 9.97 Å². The zero-order chi connectivity index (χ0) is 31.8. The Kier molecular flexibility index (Phi) is 10.4. The average Bonchev–Trinajstić information content (AvgIpc) is 3.37. The fourth-order valence-corrected chi connectivity index (χ4v) is 4.67. The Morgan fingerprint density at radius 2 is 1.93 bits per heavy atom. The molecule has 0 saturated carbocycles. The highest BCUT2D eigenvalue weighted by Gasteiger charge is 2.19. The van der Waals surface area contributed by atoms with Gasteiger partial charge in [0.25, 0.3) is 0 Å². The van der Waals surface area contributed by atoms with Crippen molar-refractivity contribution in [1.29, 1.82) is 5.26 Å². The number of methoxy groups -OCH3 is 1. The van der Waals surface area contributed by atoms with E-state index in [1.807, 2.05) is 57.2 Å². The third-order valence-corrected chi connectivity index (χ3v) is 6.76. The van der Waals surface area contributed by atoms with Gasteiger partial charge in [-0.05, 0) is 67.9 Å². The summed E-state index contributed by atoms with van der Waals surface area (Å²) in [6, 6.07) is 12.3. The smallest absolute Gasteiger partial charge is 0.324 e. The predicted octanol–water partition coefficient (Wildman–Crippen LogP) is 4.58. The van der Waals surface area contributed by atoms with Gasteiger partial charge in [0.15, 0.2) is 6.73 Å². The normalized spacial score (nSPS) is 12.1. The molecule has 4 rings (SSSR count). The van der Waals surface area contributed by atoms with Crippen LogP contribution in [0.2, 0.25) is 0 Å². The molecule has 1 atom stereocenters. The average molecular weight is 596 g/mol. The van der Waals surface area contributed by atoms with Gasteiger partial charge in [-0.2, -0.15) is 5.26 Å². The lowest BCUT2D eigenvalue weighted by molar-refractivity contribution is -0.149. The molecule has 1 amide bonds. The first-order valence-corrected chi connectivity index (χ1v) is 14.2. The number of likely N-dealkylation sites (N-methyl/N-ethyl adjacent to an activating group) is 1. The van der Waals surface area contributed by atoms with Crippen molar-refractivity contribution in [2.75, 3.05) is 33.1 Å². The maximum absolute atomic E-state index is 12.6. The number of nitriles is 1. The highest BCUT2D eigenvalue weighted by atomic mass is 16.5. The number of pyridine rings is 2. The van der Waals surface area contributed by atoms with E-state index in [1.54, 1.807) is 48.3 Å². The lowest BCUT2D eigenvalue weighted by Crippen LogP contribution is -2.33. The number of ether oxygens (including phenoxy) is 2. The lowest BCUT2D eigenvalue weighted by Gasteiger charge is -2.14. The Balaban J connectivity index is 1.73. The van der Waals surface area contributed by atoms with Gasteiger partial charge < -0.3 is 25.4 Å². The van der Waals surface area contributed by atoms with Crippen LogP contribution in [-0.4, -0.2) is 65.1 Å². The molecule has 1 unspecified atom stereocenters. The van der Waals surface area contributed by atoms with E-state index in [-0.39, 0.29) is 24.2 Å². The number of carbonyl (C=O) groups is 2. The van der Waals surface area contributed by atoms with E-state index in [1.165, 1.54) is 6.08 Å². The molecule has 0 bridgehead atoms. The topological polar surface area (TPSA) is 148 Å². The van der Waals surface area contributed by atoms with E-state index < -0.39 is 12.0 Å². The monoisotopic (exact) mass is 595 g/mol. The number of nitrogens with one attached hydrogen (secondary N) is 1. The summed E-state index contributed by atoms with van der Waals surface area (Å²) in [6.07, 6.45) is 8.90. The van der Waals surface area contributed by atoms with Gasteiger partial charge in [0.1, 0.15) is 29.2 Å². The third-order valence-electron chi connectivity index (χ3n) is 6.76. The Morgan fingerprint density at radius 3 is 2.64 bits per heavy atom. The molecule has 3 heterocycles. The van der Waals surface area contributed by atoms with E-state index in [9.17, 15) is 14.9 Å². The summed E-state index contributed by atoms with van der Waals surface area (Å²) in [6.45, 7) is 4.54. The molecule has 44 heavy (non-hydrogen) atoms. The van der Waals surface area contributed by atoms with Gasteiger partial charge in [0.05, 0.1) is 7.11 Å². The van der Waals surface area contributed by atoms with E-state index >= 15 is 0 Å². The zero-order valence-corrected chi connectivity index (χ0v) is 25.6. The van der Waals surface area contributed by atoms with E-state index in [4.69, 9.17) is 20.2 Å². The minimum atomic E-state index is -0.722. The molecule has 0 saturated heterocycles. The first-order chi connectivity index (χ1) is 21.1. The Labute approximate surface area is 256 Å². The predicted molar refractivity (Wildman–Crippen MR) is 170 cm³/mol. The fourth-order valence-electron chi connectivity index (χ4n) is 4.67. The van der Waals surface area contributed by atoms with Crippen molar-refractivity contribution in [2.24, 2.45) is 11.7 Å². The molecule has 11 nitrogen and oxygen atoms in total. The summed E-state index contributed by atoms with van der Waals surface area (Å²) in [5.41, 5.74) is 10.5. The van der Waals surface area contributed by atoms with Gasteiger partial charge in [0, 0.05) is 59.5 Å². The van der Waals surface area contributed by atoms with Crippen LogP contribution in [0.15, 0.2) is 67.1 Å². The van der Waals surface area contributed by atoms with Crippen molar-refractivity contribution in [3.63, 3.8) is 0 Å². The zero-order valence-electron chi connectivity index (χ0n) is 25.6. The second-order valence-corrected chi connectivity index (χ2v) is 11.1. The number of hydrogen-bond acceptors (Lipinski definition) is 9. The van der Waals surface area contributed by atoms with Gasteiger partial charge in [-0.1, -0.05) is 19.9 Å². The number of nitrogens with zero attached hydrogens (tertiary/aromatic N) is 5. The number of hydrogen-bond donors (Lipinski definition) is 2. The summed E-state index contributed by atoms with van der Waals surface area (Å²) >= 11 is 0. The SMILES string of the molecule is COc1cc(NC(=O)/C=C/CN(C)C)cc(-c2cnc3c(c2)c(-c2ccnc(C#N)c2)cn3COC(=O)C(N)CC(C)C)c1. The van der Waals surface area contributed by atoms with Crippen LogP contribution in [-0.2, 0) is 21.1 Å². The highest BCUT2D eigenvalue weighted by Crippen LogP contribution is 2.35. The molecule has 3 N–H and O–H groups in total. The van der Waals surface area contributed by atoms with Gasteiger partial charge in [-0.3, -0.25) is 14.2 Å². The first-order valence-electron chi connectivity index (χ1n) is 14.2. The Hall–Kier alpha value is -5.05. The molecule has 3 aromatic heterocycles. The molecule has 0 aliphatic heterocycles.